The summed E-state index contributed by atoms with van der Waals surface area (Å²) in [7, 11) is 0. The first-order valence-electron chi connectivity index (χ1n) is 5.31. The first kappa shape index (κ1) is 10.5. The van der Waals surface area contributed by atoms with Crippen LogP contribution in [0.2, 0.25) is 0 Å². The molecule has 3 heteroatoms. The van der Waals surface area contributed by atoms with Gasteiger partial charge in [0.2, 0.25) is 5.91 Å². The molecule has 1 saturated heterocycles. The van der Waals surface area contributed by atoms with Crippen LogP contribution in [0.4, 0.5) is 0 Å². The van der Waals surface area contributed by atoms with Gasteiger partial charge in [-0.15, -0.1) is 0 Å². The van der Waals surface area contributed by atoms with E-state index in [-0.39, 0.29) is 18.1 Å². The van der Waals surface area contributed by atoms with Gasteiger partial charge in [-0.3, -0.25) is 10.1 Å². The van der Waals surface area contributed by atoms with Gasteiger partial charge in [0.1, 0.15) is 0 Å². The lowest BCUT2D eigenvalue weighted by Gasteiger charge is -2.20. The highest BCUT2D eigenvalue weighted by molar-refractivity contribution is 5.84. The normalized spacial score (nSPS) is 28.5. The van der Waals surface area contributed by atoms with E-state index in [2.05, 4.69) is 19.2 Å². The van der Waals surface area contributed by atoms with Crippen molar-refractivity contribution in [1.82, 2.24) is 10.2 Å². The summed E-state index contributed by atoms with van der Waals surface area (Å²) in [6.07, 6.45) is 3.30. The van der Waals surface area contributed by atoms with Gasteiger partial charge in [0.25, 0.3) is 0 Å². The molecule has 2 atom stereocenters. The van der Waals surface area contributed by atoms with Crippen molar-refractivity contribution >= 4 is 5.91 Å². The number of rotatable bonds is 4. The molecule has 2 unspecified atom stereocenters. The summed E-state index contributed by atoms with van der Waals surface area (Å²) >= 11 is 0. The SMILES string of the molecule is CCCC1NC(CC)N(CC)C1=O. The van der Waals surface area contributed by atoms with Crippen molar-refractivity contribution in [2.45, 2.75) is 52.2 Å². The minimum absolute atomic E-state index is 0.0786. The zero-order chi connectivity index (χ0) is 9.84. The van der Waals surface area contributed by atoms with Gasteiger partial charge < -0.3 is 4.90 Å². The van der Waals surface area contributed by atoms with Gasteiger partial charge in [-0.05, 0) is 19.8 Å². The van der Waals surface area contributed by atoms with Crippen LogP contribution in [0.3, 0.4) is 0 Å². The minimum Gasteiger partial charge on any atom is -0.326 e. The predicted octanol–water partition coefficient (Wildman–Crippen LogP) is 1.34. The third-order valence-electron chi connectivity index (χ3n) is 2.66. The maximum absolute atomic E-state index is 11.8. The predicted molar refractivity (Wildman–Crippen MR) is 53.3 cm³/mol. The van der Waals surface area contributed by atoms with Crippen LogP contribution in [0.15, 0.2) is 0 Å². The Labute approximate surface area is 80.5 Å². The van der Waals surface area contributed by atoms with E-state index in [9.17, 15) is 4.79 Å². The fourth-order valence-corrected chi connectivity index (χ4v) is 1.96. The Morgan fingerprint density at radius 1 is 1.38 bits per heavy atom. The highest BCUT2D eigenvalue weighted by Gasteiger charge is 2.35. The van der Waals surface area contributed by atoms with E-state index in [0.29, 0.717) is 0 Å². The largest absolute Gasteiger partial charge is 0.326 e. The van der Waals surface area contributed by atoms with Crippen molar-refractivity contribution in [3.63, 3.8) is 0 Å². The molecule has 0 saturated carbocycles. The lowest BCUT2D eigenvalue weighted by atomic mass is 10.2. The Hall–Kier alpha value is -0.570. The molecule has 1 aliphatic rings. The lowest BCUT2D eigenvalue weighted by molar-refractivity contribution is -0.129. The summed E-state index contributed by atoms with van der Waals surface area (Å²) in [6, 6.07) is 0.0786. The second kappa shape index (κ2) is 4.61. The molecule has 1 amide bonds. The van der Waals surface area contributed by atoms with Crippen LogP contribution in [-0.4, -0.2) is 29.6 Å². The number of carbonyl (C=O) groups excluding carboxylic acids is 1. The van der Waals surface area contributed by atoms with Gasteiger partial charge in [-0.25, -0.2) is 0 Å². The van der Waals surface area contributed by atoms with E-state index < -0.39 is 0 Å². The van der Waals surface area contributed by atoms with Crippen LogP contribution in [0, 0.1) is 0 Å². The van der Waals surface area contributed by atoms with Crippen LogP contribution in [0.1, 0.15) is 40.0 Å². The van der Waals surface area contributed by atoms with Crippen molar-refractivity contribution in [1.29, 1.82) is 0 Å². The van der Waals surface area contributed by atoms with Crippen molar-refractivity contribution in [3.8, 4) is 0 Å². The molecule has 1 aliphatic heterocycles. The third-order valence-corrected chi connectivity index (χ3v) is 2.66. The number of nitrogens with one attached hydrogen (secondary N) is 1. The molecule has 0 aromatic carbocycles. The summed E-state index contributed by atoms with van der Waals surface area (Å²) in [5.74, 6) is 0.288. The number of hydrogen-bond acceptors (Lipinski definition) is 2. The zero-order valence-electron chi connectivity index (χ0n) is 8.84. The Morgan fingerprint density at radius 3 is 2.46 bits per heavy atom. The molecule has 1 fully saturated rings. The molecule has 1 heterocycles. The van der Waals surface area contributed by atoms with Crippen molar-refractivity contribution in [2.24, 2.45) is 0 Å². The van der Waals surface area contributed by atoms with E-state index in [1.807, 2.05) is 11.8 Å². The van der Waals surface area contributed by atoms with Crippen molar-refractivity contribution in [2.75, 3.05) is 6.54 Å². The number of hydrogen-bond donors (Lipinski definition) is 1. The summed E-state index contributed by atoms with van der Waals surface area (Å²) in [5.41, 5.74) is 0. The van der Waals surface area contributed by atoms with Crippen LogP contribution in [0.25, 0.3) is 0 Å². The second-order valence-corrected chi connectivity index (χ2v) is 3.56. The lowest BCUT2D eigenvalue weighted by Crippen LogP contribution is -2.36. The van der Waals surface area contributed by atoms with Gasteiger partial charge in [0, 0.05) is 6.54 Å². The smallest absolute Gasteiger partial charge is 0.241 e. The van der Waals surface area contributed by atoms with Gasteiger partial charge in [-0.2, -0.15) is 0 Å². The Balaban J connectivity index is 2.60. The quantitative estimate of drug-likeness (QED) is 0.715. The van der Waals surface area contributed by atoms with Crippen LogP contribution in [0.5, 0.6) is 0 Å². The average Bonchev–Trinajstić information content (AvgIpc) is 2.44. The van der Waals surface area contributed by atoms with Gasteiger partial charge >= 0.3 is 0 Å². The molecule has 1 rings (SSSR count). The van der Waals surface area contributed by atoms with Crippen LogP contribution in [-0.2, 0) is 4.79 Å². The van der Waals surface area contributed by atoms with E-state index in [1.54, 1.807) is 0 Å². The summed E-state index contributed by atoms with van der Waals surface area (Å²) in [5, 5.41) is 3.37. The number of nitrogens with zero attached hydrogens (tertiary/aromatic N) is 1. The molecule has 0 aliphatic carbocycles. The summed E-state index contributed by atoms with van der Waals surface area (Å²) < 4.78 is 0. The summed E-state index contributed by atoms with van der Waals surface area (Å²) in [6.45, 7) is 7.09. The molecule has 0 radical (unpaired) electrons. The molecule has 0 aromatic rings. The minimum atomic E-state index is 0.0786. The molecule has 3 nitrogen and oxygen atoms in total. The highest BCUT2D eigenvalue weighted by atomic mass is 16.2. The van der Waals surface area contributed by atoms with E-state index >= 15 is 0 Å². The first-order valence-corrected chi connectivity index (χ1v) is 5.31. The number of amides is 1. The Bertz CT molecular complexity index is 182. The molecule has 1 N–H and O–H groups in total. The molecule has 13 heavy (non-hydrogen) atoms. The molecule has 0 aromatic heterocycles. The van der Waals surface area contributed by atoms with Crippen LogP contribution >= 0.6 is 0 Å². The molecular weight excluding hydrogens is 164 g/mol. The first-order chi connectivity index (χ1) is 6.24. The van der Waals surface area contributed by atoms with Gasteiger partial charge in [-0.1, -0.05) is 20.3 Å². The van der Waals surface area contributed by atoms with Gasteiger partial charge in [0.05, 0.1) is 12.2 Å². The monoisotopic (exact) mass is 184 g/mol. The maximum Gasteiger partial charge on any atom is 0.241 e. The van der Waals surface area contributed by atoms with Crippen molar-refractivity contribution in [3.05, 3.63) is 0 Å². The van der Waals surface area contributed by atoms with Crippen LogP contribution < -0.4 is 5.32 Å². The highest BCUT2D eigenvalue weighted by Crippen LogP contribution is 2.15. The molecule has 0 spiro atoms. The molecule has 76 valence electrons. The molecular formula is C10H20N2O. The Morgan fingerprint density at radius 2 is 2.08 bits per heavy atom. The number of carbonyl (C=O) groups is 1. The maximum atomic E-state index is 11.8. The fraction of sp³-hybridized carbons (Fsp3) is 0.900. The Kier molecular flexibility index (Phi) is 3.72. The standard InChI is InChI=1S/C10H20N2O/c1-4-7-8-10(13)12(6-3)9(5-2)11-8/h8-9,11H,4-7H2,1-3H3. The van der Waals surface area contributed by atoms with E-state index in [1.165, 1.54) is 0 Å². The zero-order valence-corrected chi connectivity index (χ0v) is 8.84. The summed E-state index contributed by atoms with van der Waals surface area (Å²) in [4.78, 5) is 13.7. The van der Waals surface area contributed by atoms with Crippen molar-refractivity contribution < 1.29 is 4.79 Å². The third kappa shape index (κ3) is 2.02. The number of likely N-dealkylation sites (N-methyl/N-ethyl adjacent to an activating group) is 1. The van der Waals surface area contributed by atoms with E-state index in [4.69, 9.17) is 0 Å². The molecule has 0 bridgehead atoms. The fourth-order valence-electron chi connectivity index (χ4n) is 1.96. The average molecular weight is 184 g/mol. The van der Waals surface area contributed by atoms with E-state index in [0.717, 1.165) is 25.8 Å². The second-order valence-electron chi connectivity index (χ2n) is 3.56. The topological polar surface area (TPSA) is 32.3 Å². The van der Waals surface area contributed by atoms with Gasteiger partial charge in [0.15, 0.2) is 0 Å².